The number of rotatable bonds is 2. The van der Waals surface area contributed by atoms with Crippen LogP contribution in [0.1, 0.15) is 33.3 Å². The molecule has 0 saturated heterocycles. The molecule has 0 aliphatic rings. The summed E-state index contributed by atoms with van der Waals surface area (Å²) in [5.41, 5.74) is 1.39. The highest BCUT2D eigenvalue weighted by Crippen LogP contribution is 2.26. The maximum Gasteiger partial charge on any atom is 0.140 e. The van der Waals surface area contributed by atoms with Crippen molar-refractivity contribution >= 4 is 21.7 Å². The minimum Gasteiger partial charge on any atom is -0.366 e. The first-order valence-corrected chi connectivity index (χ1v) is 5.98. The van der Waals surface area contributed by atoms with Crippen molar-refractivity contribution in [2.24, 2.45) is 5.41 Å². The van der Waals surface area contributed by atoms with E-state index in [4.69, 9.17) is 0 Å². The Balaban J connectivity index is 2.82. The molecule has 1 aromatic rings. The van der Waals surface area contributed by atoms with Gasteiger partial charge < -0.3 is 5.32 Å². The Kier molecular flexibility index (Phi) is 3.77. The molecule has 0 aliphatic carbocycles. The highest BCUT2D eigenvalue weighted by atomic mass is 79.9. The van der Waals surface area contributed by atoms with Gasteiger partial charge in [-0.05, 0) is 46.8 Å². The minimum absolute atomic E-state index is 0.228. The lowest BCUT2D eigenvalue weighted by Gasteiger charge is -2.28. The SMILES string of the molecule is Cc1cnc(NC(C)C(C)(C)C)c(Br)c1. The van der Waals surface area contributed by atoms with Crippen LogP contribution in [0.3, 0.4) is 0 Å². The van der Waals surface area contributed by atoms with Gasteiger partial charge in [-0.1, -0.05) is 20.8 Å². The van der Waals surface area contributed by atoms with Crippen molar-refractivity contribution in [3.8, 4) is 0 Å². The molecule has 1 atom stereocenters. The Morgan fingerprint density at radius 3 is 2.47 bits per heavy atom. The van der Waals surface area contributed by atoms with Crippen LogP contribution in [0.4, 0.5) is 5.82 Å². The number of aryl methyl sites for hydroxylation is 1. The second kappa shape index (κ2) is 4.52. The predicted octanol–water partition coefficient (Wildman–Crippen LogP) is 4.00. The van der Waals surface area contributed by atoms with Gasteiger partial charge in [0, 0.05) is 12.2 Å². The number of anilines is 1. The summed E-state index contributed by atoms with van der Waals surface area (Å²) in [6.07, 6.45) is 1.88. The molecule has 0 aromatic carbocycles. The van der Waals surface area contributed by atoms with Gasteiger partial charge in [0.05, 0.1) is 4.47 Å². The zero-order valence-electron chi connectivity index (χ0n) is 10.1. The topological polar surface area (TPSA) is 24.9 Å². The van der Waals surface area contributed by atoms with E-state index in [0.29, 0.717) is 6.04 Å². The van der Waals surface area contributed by atoms with Crippen LogP contribution >= 0.6 is 15.9 Å². The van der Waals surface area contributed by atoms with Gasteiger partial charge in [0.2, 0.25) is 0 Å². The van der Waals surface area contributed by atoms with Crippen molar-refractivity contribution in [3.05, 3.63) is 22.3 Å². The molecule has 0 amide bonds. The molecule has 1 N–H and O–H groups in total. The lowest BCUT2D eigenvalue weighted by molar-refractivity contribution is 0.358. The van der Waals surface area contributed by atoms with E-state index in [9.17, 15) is 0 Å². The maximum absolute atomic E-state index is 4.37. The number of hydrogen-bond acceptors (Lipinski definition) is 2. The van der Waals surface area contributed by atoms with Crippen LogP contribution < -0.4 is 5.32 Å². The smallest absolute Gasteiger partial charge is 0.140 e. The molecule has 1 rings (SSSR count). The summed E-state index contributed by atoms with van der Waals surface area (Å²) in [6.45, 7) is 10.9. The maximum atomic E-state index is 4.37. The third-order valence-corrected chi connectivity index (χ3v) is 3.23. The van der Waals surface area contributed by atoms with Crippen LogP contribution in [-0.4, -0.2) is 11.0 Å². The molecule has 0 aliphatic heterocycles. The summed E-state index contributed by atoms with van der Waals surface area (Å²) < 4.78 is 1.03. The molecular weight excluding hydrogens is 252 g/mol. The molecule has 0 fully saturated rings. The third-order valence-electron chi connectivity index (χ3n) is 2.63. The Labute approximate surface area is 101 Å². The van der Waals surface area contributed by atoms with E-state index in [2.05, 4.69) is 60.0 Å². The quantitative estimate of drug-likeness (QED) is 0.879. The fourth-order valence-electron chi connectivity index (χ4n) is 1.06. The number of hydrogen-bond donors (Lipinski definition) is 1. The van der Waals surface area contributed by atoms with E-state index >= 15 is 0 Å². The van der Waals surface area contributed by atoms with Gasteiger partial charge in [-0.25, -0.2) is 4.98 Å². The molecule has 1 unspecified atom stereocenters. The minimum atomic E-state index is 0.228. The van der Waals surface area contributed by atoms with Crippen molar-refractivity contribution in [2.75, 3.05) is 5.32 Å². The van der Waals surface area contributed by atoms with Crippen molar-refractivity contribution in [2.45, 2.75) is 40.7 Å². The van der Waals surface area contributed by atoms with E-state index in [1.54, 1.807) is 0 Å². The van der Waals surface area contributed by atoms with E-state index in [-0.39, 0.29) is 5.41 Å². The first kappa shape index (κ1) is 12.5. The fourth-order valence-corrected chi connectivity index (χ4v) is 1.64. The summed E-state index contributed by atoms with van der Waals surface area (Å²) in [4.78, 5) is 4.37. The lowest BCUT2D eigenvalue weighted by atomic mass is 9.88. The van der Waals surface area contributed by atoms with E-state index < -0.39 is 0 Å². The van der Waals surface area contributed by atoms with Crippen LogP contribution in [0, 0.1) is 12.3 Å². The summed E-state index contributed by atoms with van der Waals surface area (Å²) in [5, 5.41) is 3.42. The Morgan fingerprint density at radius 2 is 2.00 bits per heavy atom. The number of pyridine rings is 1. The van der Waals surface area contributed by atoms with Gasteiger partial charge in [0.15, 0.2) is 0 Å². The van der Waals surface area contributed by atoms with Gasteiger partial charge in [-0.2, -0.15) is 0 Å². The monoisotopic (exact) mass is 270 g/mol. The number of halogens is 1. The molecular formula is C12H19BrN2. The Morgan fingerprint density at radius 1 is 1.40 bits per heavy atom. The average Bonchev–Trinajstić information content (AvgIpc) is 2.08. The van der Waals surface area contributed by atoms with Crippen LogP contribution in [0.25, 0.3) is 0 Å². The Bertz CT molecular complexity index is 342. The largest absolute Gasteiger partial charge is 0.366 e. The molecule has 2 nitrogen and oxygen atoms in total. The van der Waals surface area contributed by atoms with Crippen molar-refractivity contribution < 1.29 is 0 Å². The number of nitrogens with zero attached hydrogens (tertiary/aromatic N) is 1. The number of nitrogens with one attached hydrogen (secondary N) is 1. The molecule has 3 heteroatoms. The average molecular weight is 271 g/mol. The summed E-state index contributed by atoms with van der Waals surface area (Å²) in [5.74, 6) is 0.919. The standard InChI is InChI=1S/C12H19BrN2/c1-8-6-10(13)11(14-7-8)15-9(2)12(3,4)5/h6-7,9H,1-5H3,(H,14,15). The molecule has 15 heavy (non-hydrogen) atoms. The summed E-state index contributed by atoms with van der Waals surface area (Å²) in [6, 6.07) is 2.45. The van der Waals surface area contributed by atoms with Gasteiger partial charge in [-0.3, -0.25) is 0 Å². The van der Waals surface area contributed by atoms with Gasteiger partial charge in [-0.15, -0.1) is 0 Å². The second-order valence-electron chi connectivity index (χ2n) is 5.08. The molecule has 1 heterocycles. The molecule has 84 valence electrons. The van der Waals surface area contributed by atoms with E-state index in [1.807, 2.05) is 13.1 Å². The molecule has 1 aromatic heterocycles. The normalized spacial score (nSPS) is 13.7. The van der Waals surface area contributed by atoms with E-state index in [0.717, 1.165) is 15.9 Å². The molecule has 0 radical (unpaired) electrons. The zero-order chi connectivity index (χ0) is 11.6. The zero-order valence-corrected chi connectivity index (χ0v) is 11.6. The molecule has 0 bridgehead atoms. The summed E-state index contributed by atoms with van der Waals surface area (Å²) in [7, 11) is 0. The van der Waals surface area contributed by atoms with Crippen LogP contribution in [0.15, 0.2) is 16.7 Å². The number of aromatic nitrogens is 1. The fraction of sp³-hybridized carbons (Fsp3) is 0.583. The van der Waals surface area contributed by atoms with Crippen molar-refractivity contribution in [1.82, 2.24) is 4.98 Å². The molecule has 0 spiro atoms. The third kappa shape index (κ3) is 3.49. The molecule has 0 saturated carbocycles. The van der Waals surface area contributed by atoms with E-state index in [1.165, 1.54) is 0 Å². The second-order valence-corrected chi connectivity index (χ2v) is 5.93. The predicted molar refractivity (Wildman–Crippen MR) is 69.2 cm³/mol. The summed E-state index contributed by atoms with van der Waals surface area (Å²) >= 11 is 3.52. The first-order valence-electron chi connectivity index (χ1n) is 5.19. The van der Waals surface area contributed by atoms with Crippen LogP contribution in [0.2, 0.25) is 0 Å². The van der Waals surface area contributed by atoms with Gasteiger partial charge >= 0.3 is 0 Å². The van der Waals surface area contributed by atoms with Crippen LogP contribution in [-0.2, 0) is 0 Å². The Hall–Kier alpha value is -0.570. The highest BCUT2D eigenvalue weighted by molar-refractivity contribution is 9.10. The lowest BCUT2D eigenvalue weighted by Crippen LogP contribution is -2.31. The first-order chi connectivity index (χ1) is 6.80. The van der Waals surface area contributed by atoms with Crippen molar-refractivity contribution in [3.63, 3.8) is 0 Å². The van der Waals surface area contributed by atoms with Gasteiger partial charge in [0.25, 0.3) is 0 Å². The highest BCUT2D eigenvalue weighted by Gasteiger charge is 2.20. The van der Waals surface area contributed by atoms with Crippen molar-refractivity contribution in [1.29, 1.82) is 0 Å². The van der Waals surface area contributed by atoms with Gasteiger partial charge in [0.1, 0.15) is 5.82 Å². The van der Waals surface area contributed by atoms with Crippen LogP contribution in [0.5, 0.6) is 0 Å².